The lowest BCUT2D eigenvalue weighted by atomic mass is 10.1. The molecule has 4 nitrogen and oxygen atoms in total. The smallest absolute Gasteiger partial charge is 0.251 e. The Morgan fingerprint density at radius 1 is 0.875 bits per heavy atom. The van der Waals surface area contributed by atoms with Gasteiger partial charge < -0.3 is 10.6 Å². The molecule has 0 spiro atoms. The molecule has 2 rings (SSSR count). The number of aryl methyl sites for hydroxylation is 2. The monoisotopic (exact) mass is 364 g/mol. The minimum Gasteiger partial charge on any atom is -0.350 e. The Bertz CT molecular complexity index is 776. The summed E-state index contributed by atoms with van der Waals surface area (Å²) in [6, 6.07) is 10.4. The van der Waals surface area contributed by atoms with Gasteiger partial charge >= 0.3 is 0 Å². The first-order chi connectivity index (χ1) is 11.4. The van der Waals surface area contributed by atoms with Crippen LogP contribution in [0, 0.1) is 13.8 Å². The van der Waals surface area contributed by atoms with E-state index in [9.17, 15) is 9.59 Å². The van der Waals surface area contributed by atoms with Gasteiger partial charge in [0.15, 0.2) is 0 Å². The molecule has 0 heterocycles. The summed E-state index contributed by atoms with van der Waals surface area (Å²) in [4.78, 5) is 24.2. The van der Waals surface area contributed by atoms with Gasteiger partial charge in [-0.05, 0) is 43.7 Å². The largest absolute Gasteiger partial charge is 0.350 e. The molecule has 0 unspecified atom stereocenters. The van der Waals surface area contributed by atoms with E-state index in [1.807, 2.05) is 32.0 Å². The second kappa shape index (κ2) is 8.18. The Morgan fingerprint density at radius 3 is 2.21 bits per heavy atom. The lowest BCUT2D eigenvalue weighted by Gasteiger charge is -2.10. The number of halogens is 2. The fourth-order valence-corrected chi connectivity index (χ4v) is 2.47. The number of benzene rings is 2. The summed E-state index contributed by atoms with van der Waals surface area (Å²) >= 11 is 11.7. The van der Waals surface area contributed by atoms with E-state index in [0.29, 0.717) is 34.3 Å². The van der Waals surface area contributed by atoms with Gasteiger partial charge in [-0.1, -0.05) is 40.9 Å². The van der Waals surface area contributed by atoms with Crippen molar-refractivity contribution in [2.24, 2.45) is 0 Å². The van der Waals surface area contributed by atoms with Crippen LogP contribution in [0.4, 0.5) is 0 Å². The molecule has 126 valence electrons. The van der Waals surface area contributed by atoms with Crippen LogP contribution < -0.4 is 10.6 Å². The number of amides is 2. The average molecular weight is 365 g/mol. The molecule has 24 heavy (non-hydrogen) atoms. The van der Waals surface area contributed by atoms with E-state index < -0.39 is 0 Å². The van der Waals surface area contributed by atoms with Crippen molar-refractivity contribution in [2.45, 2.75) is 13.8 Å². The van der Waals surface area contributed by atoms with Gasteiger partial charge in [0.2, 0.25) is 0 Å². The number of rotatable bonds is 5. The van der Waals surface area contributed by atoms with Crippen LogP contribution in [-0.4, -0.2) is 24.9 Å². The number of hydrogen-bond acceptors (Lipinski definition) is 2. The molecule has 0 saturated carbocycles. The number of hydrogen-bond donors (Lipinski definition) is 2. The molecule has 6 heteroatoms. The quantitative estimate of drug-likeness (QED) is 0.793. The first-order valence-electron chi connectivity index (χ1n) is 7.47. The van der Waals surface area contributed by atoms with Crippen LogP contribution in [0.25, 0.3) is 0 Å². The zero-order valence-corrected chi connectivity index (χ0v) is 15.0. The molecular formula is C18H18Cl2N2O2. The first-order valence-corrected chi connectivity index (χ1v) is 8.23. The molecule has 0 aliphatic rings. The van der Waals surface area contributed by atoms with Gasteiger partial charge in [-0.3, -0.25) is 9.59 Å². The number of carbonyl (C=O) groups excluding carboxylic acids is 2. The van der Waals surface area contributed by atoms with Gasteiger partial charge in [0, 0.05) is 24.2 Å². The fourth-order valence-electron chi connectivity index (χ4n) is 2.17. The molecule has 2 amide bonds. The van der Waals surface area contributed by atoms with Gasteiger partial charge in [-0.25, -0.2) is 0 Å². The van der Waals surface area contributed by atoms with Gasteiger partial charge in [0.25, 0.3) is 11.8 Å². The topological polar surface area (TPSA) is 58.2 Å². The van der Waals surface area contributed by atoms with Crippen molar-refractivity contribution >= 4 is 35.0 Å². The molecule has 0 aliphatic carbocycles. The summed E-state index contributed by atoms with van der Waals surface area (Å²) in [5, 5.41) is 6.24. The van der Waals surface area contributed by atoms with Crippen molar-refractivity contribution in [3.63, 3.8) is 0 Å². The molecule has 0 radical (unpaired) electrons. The van der Waals surface area contributed by atoms with Gasteiger partial charge in [-0.2, -0.15) is 0 Å². The fraction of sp³-hybridized carbons (Fsp3) is 0.222. The third kappa shape index (κ3) is 4.73. The van der Waals surface area contributed by atoms with Crippen molar-refractivity contribution in [3.05, 3.63) is 68.7 Å². The third-order valence-corrected chi connectivity index (χ3v) is 4.25. The van der Waals surface area contributed by atoms with Crippen LogP contribution in [0.3, 0.4) is 0 Å². The van der Waals surface area contributed by atoms with Crippen molar-refractivity contribution < 1.29 is 9.59 Å². The highest BCUT2D eigenvalue weighted by Gasteiger charge is 2.10. The Labute approximate surface area is 151 Å². The molecule has 0 bridgehead atoms. The molecule has 2 aromatic rings. The van der Waals surface area contributed by atoms with E-state index in [2.05, 4.69) is 10.6 Å². The maximum Gasteiger partial charge on any atom is 0.251 e. The summed E-state index contributed by atoms with van der Waals surface area (Å²) in [5.41, 5.74) is 3.01. The second-order valence-corrected chi connectivity index (χ2v) is 6.27. The lowest BCUT2D eigenvalue weighted by molar-refractivity contribution is 0.0927. The predicted octanol–water partition coefficient (Wildman–Crippen LogP) is 3.77. The number of nitrogens with one attached hydrogen (secondary N) is 2. The Hall–Kier alpha value is -2.04. The Morgan fingerprint density at radius 2 is 1.54 bits per heavy atom. The Kier molecular flexibility index (Phi) is 6.23. The van der Waals surface area contributed by atoms with E-state index in [1.54, 1.807) is 12.1 Å². The van der Waals surface area contributed by atoms with Gasteiger partial charge in [-0.15, -0.1) is 0 Å². The van der Waals surface area contributed by atoms with E-state index in [0.717, 1.165) is 11.1 Å². The molecule has 0 saturated heterocycles. The van der Waals surface area contributed by atoms with E-state index in [-0.39, 0.29) is 11.8 Å². The maximum absolute atomic E-state index is 12.2. The van der Waals surface area contributed by atoms with Gasteiger partial charge in [0.05, 0.1) is 10.0 Å². The van der Waals surface area contributed by atoms with Crippen LogP contribution in [-0.2, 0) is 0 Å². The molecule has 0 atom stereocenters. The summed E-state index contributed by atoms with van der Waals surface area (Å²) in [7, 11) is 0. The van der Waals surface area contributed by atoms with Crippen molar-refractivity contribution in [1.82, 2.24) is 10.6 Å². The molecule has 0 fully saturated rings. The van der Waals surface area contributed by atoms with Crippen molar-refractivity contribution in [3.8, 4) is 0 Å². The zero-order valence-electron chi connectivity index (χ0n) is 13.5. The summed E-state index contributed by atoms with van der Waals surface area (Å²) in [5.74, 6) is -0.422. The second-order valence-electron chi connectivity index (χ2n) is 5.46. The predicted molar refractivity (Wildman–Crippen MR) is 97.0 cm³/mol. The molecular weight excluding hydrogens is 347 g/mol. The lowest BCUT2D eigenvalue weighted by Crippen LogP contribution is -2.35. The number of carbonyl (C=O) groups is 2. The van der Waals surface area contributed by atoms with E-state index >= 15 is 0 Å². The van der Waals surface area contributed by atoms with Crippen LogP contribution in [0.2, 0.25) is 10.0 Å². The standard InChI is InChI=1S/C18H18Cl2N2O2/c1-11-3-4-12(2)14(9-11)18(24)22-8-7-21-17(23)13-5-6-15(19)16(20)10-13/h3-6,9-10H,7-8H2,1-2H3,(H,21,23)(H,22,24). The highest BCUT2D eigenvalue weighted by Crippen LogP contribution is 2.22. The third-order valence-electron chi connectivity index (χ3n) is 3.52. The van der Waals surface area contributed by atoms with Gasteiger partial charge in [0.1, 0.15) is 0 Å². The van der Waals surface area contributed by atoms with Crippen LogP contribution in [0.1, 0.15) is 31.8 Å². The highest BCUT2D eigenvalue weighted by molar-refractivity contribution is 6.42. The molecule has 0 aromatic heterocycles. The zero-order chi connectivity index (χ0) is 17.7. The first kappa shape index (κ1) is 18.3. The highest BCUT2D eigenvalue weighted by atomic mass is 35.5. The summed E-state index contributed by atoms with van der Waals surface area (Å²) in [6.07, 6.45) is 0. The van der Waals surface area contributed by atoms with Crippen molar-refractivity contribution in [2.75, 3.05) is 13.1 Å². The summed E-state index contributed by atoms with van der Waals surface area (Å²) in [6.45, 7) is 4.48. The minimum absolute atomic E-state index is 0.153. The van der Waals surface area contributed by atoms with Crippen molar-refractivity contribution in [1.29, 1.82) is 0 Å². The molecule has 2 aromatic carbocycles. The minimum atomic E-state index is -0.269. The normalized spacial score (nSPS) is 10.3. The Balaban J connectivity index is 1.84. The average Bonchev–Trinajstić information content (AvgIpc) is 2.55. The van der Waals surface area contributed by atoms with E-state index in [1.165, 1.54) is 6.07 Å². The molecule has 0 aliphatic heterocycles. The molecule has 2 N–H and O–H groups in total. The van der Waals surface area contributed by atoms with E-state index in [4.69, 9.17) is 23.2 Å². The maximum atomic E-state index is 12.2. The van der Waals surface area contributed by atoms with Crippen LogP contribution >= 0.6 is 23.2 Å². The summed E-state index contributed by atoms with van der Waals surface area (Å²) < 4.78 is 0. The van der Waals surface area contributed by atoms with Crippen LogP contribution in [0.5, 0.6) is 0 Å². The van der Waals surface area contributed by atoms with Crippen LogP contribution in [0.15, 0.2) is 36.4 Å². The SMILES string of the molecule is Cc1ccc(C)c(C(=O)NCCNC(=O)c2ccc(Cl)c(Cl)c2)c1.